The molecule has 0 saturated carbocycles. The van der Waals surface area contributed by atoms with Crippen molar-refractivity contribution in [2.24, 2.45) is 0 Å². The molecule has 1 unspecified atom stereocenters. The van der Waals surface area contributed by atoms with E-state index < -0.39 is 16.2 Å². The van der Waals surface area contributed by atoms with E-state index in [2.05, 4.69) is 4.98 Å². The lowest BCUT2D eigenvalue weighted by atomic mass is 9.94. The Bertz CT molecular complexity index is 501. The summed E-state index contributed by atoms with van der Waals surface area (Å²) in [6.07, 6.45) is 3.01. The molecule has 16 heavy (non-hydrogen) atoms. The predicted octanol–water partition coefficient (Wildman–Crippen LogP) is 2.09. The summed E-state index contributed by atoms with van der Waals surface area (Å²) >= 11 is 5.80. The zero-order valence-electron chi connectivity index (χ0n) is 8.81. The second kappa shape index (κ2) is 4.31. The summed E-state index contributed by atoms with van der Waals surface area (Å²) in [5, 5.41) is 0.364. The molecule has 1 heterocycles. The van der Waals surface area contributed by atoms with E-state index in [0.717, 1.165) is 24.7 Å². The summed E-state index contributed by atoms with van der Waals surface area (Å²) in [5.41, 5.74) is 1.67. The van der Waals surface area contributed by atoms with Gasteiger partial charge in [-0.1, -0.05) is 17.7 Å². The van der Waals surface area contributed by atoms with Crippen LogP contribution >= 0.6 is 11.6 Å². The number of nitrogens with zero attached hydrogens (tertiary/aromatic N) is 1. The van der Waals surface area contributed by atoms with Gasteiger partial charge in [-0.2, -0.15) is 8.42 Å². The highest BCUT2D eigenvalue weighted by atomic mass is 35.5. The van der Waals surface area contributed by atoms with Crippen molar-refractivity contribution in [1.82, 2.24) is 4.98 Å². The second-order valence-corrected chi connectivity index (χ2v) is 5.85. The average Bonchev–Trinajstić information content (AvgIpc) is 2.17. The van der Waals surface area contributed by atoms with Crippen LogP contribution in [-0.4, -0.2) is 19.7 Å². The van der Waals surface area contributed by atoms with Crippen LogP contribution in [0.2, 0.25) is 5.15 Å². The van der Waals surface area contributed by atoms with Gasteiger partial charge in [0.05, 0.1) is 11.9 Å². The minimum absolute atomic E-state index is 0.364. The second-order valence-electron chi connectivity index (χ2n) is 3.86. The van der Waals surface area contributed by atoms with Gasteiger partial charge in [0.1, 0.15) is 11.3 Å². The monoisotopic (exact) mass is 261 g/mol. The van der Waals surface area contributed by atoms with Gasteiger partial charge in [-0.05, 0) is 30.9 Å². The third kappa shape index (κ3) is 2.72. The number of halogens is 1. The first-order chi connectivity index (χ1) is 7.46. The Kier molecular flexibility index (Phi) is 3.19. The molecule has 0 bridgehead atoms. The van der Waals surface area contributed by atoms with Gasteiger partial charge in [-0.3, -0.25) is 4.18 Å². The molecule has 0 aliphatic heterocycles. The SMILES string of the molecule is CS(=O)(=O)OC1CCCc2ccc(Cl)nc21. The van der Waals surface area contributed by atoms with Gasteiger partial charge >= 0.3 is 0 Å². The molecule has 4 nitrogen and oxygen atoms in total. The first kappa shape index (κ1) is 11.8. The lowest BCUT2D eigenvalue weighted by molar-refractivity contribution is 0.188. The van der Waals surface area contributed by atoms with E-state index in [-0.39, 0.29) is 0 Å². The van der Waals surface area contributed by atoms with Gasteiger partial charge in [0, 0.05) is 0 Å². The number of rotatable bonds is 2. The van der Waals surface area contributed by atoms with E-state index in [4.69, 9.17) is 15.8 Å². The van der Waals surface area contributed by atoms with E-state index in [9.17, 15) is 8.42 Å². The van der Waals surface area contributed by atoms with E-state index in [1.807, 2.05) is 6.07 Å². The summed E-state index contributed by atoms with van der Waals surface area (Å²) in [4.78, 5) is 4.16. The largest absolute Gasteiger partial charge is 0.265 e. The van der Waals surface area contributed by atoms with Gasteiger partial charge in [0.2, 0.25) is 0 Å². The first-order valence-electron chi connectivity index (χ1n) is 4.99. The van der Waals surface area contributed by atoms with E-state index in [0.29, 0.717) is 17.3 Å². The third-order valence-electron chi connectivity index (χ3n) is 2.49. The molecule has 1 aliphatic carbocycles. The fourth-order valence-electron chi connectivity index (χ4n) is 1.89. The van der Waals surface area contributed by atoms with Crippen molar-refractivity contribution in [3.05, 3.63) is 28.5 Å². The van der Waals surface area contributed by atoms with Crippen LogP contribution in [0.3, 0.4) is 0 Å². The molecular formula is C10H12ClNO3S. The Hall–Kier alpha value is -0.650. The molecule has 1 aromatic rings. The van der Waals surface area contributed by atoms with Crippen LogP contribution in [0.4, 0.5) is 0 Å². The third-order valence-corrected chi connectivity index (χ3v) is 3.28. The van der Waals surface area contributed by atoms with Crippen molar-refractivity contribution in [3.63, 3.8) is 0 Å². The van der Waals surface area contributed by atoms with Crippen LogP contribution in [0, 0.1) is 0 Å². The maximum Gasteiger partial charge on any atom is 0.265 e. The summed E-state index contributed by atoms with van der Waals surface area (Å²) in [6.45, 7) is 0. The maximum atomic E-state index is 11.1. The van der Waals surface area contributed by atoms with Crippen LogP contribution in [0.25, 0.3) is 0 Å². The Morgan fingerprint density at radius 1 is 1.50 bits per heavy atom. The molecule has 0 saturated heterocycles. The van der Waals surface area contributed by atoms with E-state index in [1.54, 1.807) is 6.07 Å². The smallest absolute Gasteiger partial charge is 0.260 e. The number of fused-ring (bicyclic) bond motifs is 1. The maximum absolute atomic E-state index is 11.1. The van der Waals surface area contributed by atoms with Crippen LogP contribution in [-0.2, 0) is 20.7 Å². The summed E-state index contributed by atoms with van der Waals surface area (Å²) in [7, 11) is -3.46. The summed E-state index contributed by atoms with van der Waals surface area (Å²) < 4.78 is 27.2. The van der Waals surface area contributed by atoms with E-state index in [1.165, 1.54) is 0 Å². The highest BCUT2D eigenvalue weighted by Crippen LogP contribution is 2.32. The highest BCUT2D eigenvalue weighted by molar-refractivity contribution is 7.86. The van der Waals surface area contributed by atoms with Gasteiger partial charge in [0.25, 0.3) is 10.1 Å². The number of aromatic nitrogens is 1. The van der Waals surface area contributed by atoms with Gasteiger partial charge in [-0.15, -0.1) is 0 Å². The minimum atomic E-state index is -3.46. The lowest BCUT2D eigenvalue weighted by Gasteiger charge is -2.23. The molecule has 2 rings (SSSR count). The lowest BCUT2D eigenvalue weighted by Crippen LogP contribution is -2.17. The summed E-state index contributed by atoms with van der Waals surface area (Å²) in [6, 6.07) is 3.59. The van der Waals surface area contributed by atoms with Crippen LogP contribution in [0.15, 0.2) is 12.1 Å². The van der Waals surface area contributed by atoms with Crippen LogP contribution < -0.4 is 0 Å². The normalized spacial score (nSPS) is 20.5. The fourth-order valence-corrected chi connectivity index (χ4v) is 2.65. The van der Waals surface area contributed by atoms with Crippen molar-refractivity contribution in [2.75, 3.05) is 6.26 Å². The Morgan fingerprint density at radius 2 is 2.25 bits per heavy atom. The van der Waals surface area contributed by atoms with Gasteiger partial charge in [0.15, 0.2) is 0 Å². The van der Waals surface area contributed by atoms with Crippen molar-refractivity contribution in [3.8, 4) is 0 Å². The van der Waals surface area contributed by atoms with Crippen molar-refractivity contribution in [2.45, 2.75) is 25.4 Å². The summed E-state index contributed by atoms with van der Waals surface area (Å²) in [5.74, 6) is 0. The fraction of sp³-hybridized carbons (Fsp3) is 0.500. The molecule has 0 aromatic carbocycles. The standard InChI is InChI=1S/C10H12ClNO3S/c1-16(13,14)15-8-4-2-3-7-5-6-9(11)12-10(7)8/h5-6,8H,2-4H2,1H3. The first-order valence-corrected chi connectivity index (χ1v) is 7.19. The van der Waals surface area contributed by atoms with E-state index >= 15 is 0 Å². The number of aryl methyl sites for hydroxylation is 1. The quantitative estimate of drug-likeness (QED) is 0.604. The predicted molar refractivity (Wildman–Crippen MR) is 60.9 cm³/mol. The molecule has 0 amide bonds. The zero-order valence-corrected chi connectivity index (χ0v) is 10.4. The van der Waals surface area contributed by atoms with Crippen molar-refractivity contribution < 1.29 is 12.6 Å². The molecule has 0 fully saturated rings. The van der Waals surface area contributed by atoms with Gasteiger partial charge in [-0.25, -0.2) is 4.98 Å². The van der Waals surface area contributed by atoms with Crippen LogP contribution in [0.5, 0.6) is 0 Å². The molecule has 0 spiro atoms. The van der Waals surface area contributed by atoms with Crippen LogP contribution in [0.1, 0.15) is 30.2 Å². The Balaban J connectivity index is 2.35. The Labute approximate surface area is 99.7 Å². The van der Waals surface area contributed by atoms with Gasteiger partial charge < -0.3 is 0 Å². The molecule has 1 aliphatic rings. The molecule has 6 heteroatoms. The van der Waals surface area contributed by atoms with Crippen molar-refractivity contribution in [1.29, 1.82) is 0 Å². The van der Waals surface area contributed by atoms with Crippen molar-refractivity contribution >= 4 is 21.7 Å². The topological polar surface area (TPSA) is 56.3 Å². The number of hydrogen-bond acceptors (Lipinski definition) is 4. The zero-order chi connectivity index (χ0) is 11.8. The molecule has 88 valence electrons. The number of hydrogen-bond donors (Lipinski definition) is 0. The Morgan fingerprint density at radius 3 is 2.94 bits per heavy atom. The molecule has 0 radical (unpaired) electrons. The highest BCUT2D eigenvalue weighted by Gasteiger charge is 2.25. The molecule has 0 N–H and O–H groups in total. The average molecular weight is 262 g/mol. The number of pyridine rings is 1. The molecule has 1 atom stereocenters. The minimum Gasteiger partial charge on any atom is -0.260 e. The molecular weight excluding hydrogens is 250 g/mol. The molecule has 1 aromatic heterocycles.